The van der Waals surface area contributed by atoms with Gasteiger partial charge in [0, 0.05) is 13.8 Å². The minimum absolute atomic E-state index is 0.234. The minimum atomic E-state index is -1.20. The van der Waals surface area contributed by atoms with Gasteiger partial charge in [-0.05, 0) is 0 Å². The summed E-state index contributed by atoms with van der Waals surface area (Å²) in [6, 6.07) is 0. The van der Waals surface area contributed by atoms with Crippen molar-refractivity contribution in [1.29, 1.82) is 0 Å². The topological polar surface area (TPSA) is 61.8 Å². The van der Waals surface area contributed by atoms with E-state index in [0.717, 1.165) is 6.26 Å². The third-order valence-corrected chi connectivity index (χ3v) is 1.35. The maximum atomic E-state index is 11.1. The molecule has 1 heterocycles. The molecule has 0 bridgehead atoms. The Balaban J connectivity index is 0.000000673. The van der Waals surface area contributed by atoms with Crippen molar-refractivity contribution in [3.05, 3.63) is 11.8 Å². The van der Waals surface area contributed by atoms with Crippen molar-refractivity contribution in [3.8, 4) is 0 Å². The molecule has 1 saturated heterocycles. The highest BCUT2D eigenvalue weighted by Gasteiger charge is 2.39. The van der Waals surface area contributed by atoms with Gasteiger partial charge in [-0.3, -0.25) is 0 Å². The van der Waals surface area contributed by atoms with Gasteiger partial charge >= 0.3 is 11.9 Å². The number of ether oxygens (including phenoxy) is 3. The quantitative estimate of drug-likeness (QED) is 0.297. The fourth-order valence-corrected chi connectivity index (χ4v) is 0.875. The first-order valence-electron chi connectivity index (χ1n) is 5.07. The normalized spacial score (nSPS) is 17.7. The maximum Gasteiger partial charge on any atom is 0.352 e. The lowest BCUT2D eigenvalue weighted by Crippen LogP contribution is -2.41. The molecule has 0 spiro atoms. The number of carbonyl (C=O) groups excluding carboxylic acids is 2. The van der Waals surface area contributed by atoms with Gasteiger partial charge in [-0.1, -0.05) is 20.3 Å². The Labute approximate surface area is 95.4 Å². The molecule has 0 radical (unpaired) electrons. The summed E-state index contributed by atoms with van der Waals surface area (Å²) in [5.41, 5.74) is -0.234. The molecule has 1 aliphatic rings. The van der Waals surface area contributed by atoms with E-state index in [1.165, 1.54) is 27.4 Å². The van der Waals surface area contributed by atoms with E-state index in [4.69, 9.17) is 9.47 Å². The zero-order valence-electron chi connectivity index (χ0n) is 10.3. The molecule has 1 rings (SSSR count). The Morgan fingerprint density at radius 3 is 1.88 bits per heavy atom. The molecule has 1 fully saturated rings. The van der Waals surface area contributed by atoms with E-state index in [1.54, 1.807) is 0 Å². The predicted molar refractivity (Wildman–Crippen MR) is 57.3 cm³/mol. The lowest BCUT2D eigenvalue weighted by atomic mass is 10.2. The Hall–Kier alpha value is -1.52. The van der Waals surface area contributed by atoms with Gasteiger partial charge in [0.25, 0.3) is 5.79 Å². The average Bonchev–Trinajstić information content (AvgIpc) is 2.11. The van der Waals surface area contributed by atoms with Crippen LogP contribution in [0.4, 0.5) is 0 Å². The highest BCUT2D eigenvalue weighted by molar-refractivity contribution is 6.15. The van der Waals surface area contributed by atoms with E-state index in [2.05, 4.69) is 18.6 Å². The van der Waals surface area contributed by atoms with Gasteiger partial charge in [0.05, 0.1) is 7.11 Å². The van der Waals surface area contributed by atoms with Crippen LogP contribution in [0.3, 0.4) is 0 Å². The molecule has 16 heavy (non-hydrogen) atoms. The SMILES string of the molecule is CCC.COC=C1C(=O)OC(C)(C)OC1=O. The van der Waals surface area contributed by atoms with Crippen molar-refractivity contribution in [3.63, 3.8) is 0 Å². The van der Waals surface area contributed by atoms with E-state index in [-0.39, 0.29) is 5.57 Å². The van der Waals surface area contributed by atoms with Crippen molar-refractivity contribution in [2.24, 2.45) is 0 Å². The number of hydrogen-bond acceptors (Lipinski definition) is 5. The molecule has 0 saturated carbocycles. The summed E-state index contributed by atoms with van der Waals surface area (Å²) in [4.78, 5) is 22.3. The highest BCUT2D eigenvalue weighted by Crippen LogP contribution is 2.22. The first kappa shape index (κ1) is 14.5. The maximum absolute atomic E-state index is 11.1. The van der Waals surface area contributed by atoms with Crippen LogP contribution in [0.25, 0.3) is 0 Å². The van der Waals surface area contributed by atoms with E-state index >= 15 is 0 Å². The van der Waals surface area contributed by atoms with Crippen molar-refractivity contribution >= 4 is 11.9 Å². The van der Waals surface area contributed by atoms with Gasteiger partial charge in [0.15, 0.2) is 5.57 Å². The van der Waals surface area contributed by atoms with Gasteiger partial charge in [-0.25, -0.2) is 9.59 Å². The van der Waals surface area contributed by atoms with Crippen LogP contribution in [0.15, 0.2) is 11.8 Å². The van der Waals surface area contributed by atoms with Crippen LogP contribution in [-0.4, -0.2) is 24.8 Å². The summed E-state index contributed by atoms with van der Waals surface area (Å²) in [5.74, 6) is -2.66. The summed E-state index contributed by atoms with van der Waals surface area (Å²) in [7, 11) is 1.33. The Morgan fingerprint density at radius 2 is 1.56 bits per heavy atom. The number of hydrogen-bond donors (Lipinski definition) is 0. The Bertz CT molecular complexity index is 269. The molecule has 0 aromatic heterocycles. The molecule has 0 unspecified atom stereocenters. The van der Waals surface area contributed by atoms with Gasteiger partial charge in [-0.15, -0.1) is 0 Å². The fraction of sp³-hybridized carbons (Fsp3) is 0.636. The smallest absolute Gasteiger partial charge is 0.352 e. The standard InChI is InChI=1S/C8H10O5.C3H8/c1-8(2)12-6(9)5(4-11-3)7(10)13-8;1-3-2/h4H,1-3H3;3H2,1-2H3. The van der Waals surface area contributed by atoms with Crippen LogP contribution in [0.1, 0.15) is 34.1 Å². The molecular weight excluding hydrogens is 212 g/mol. The molecule has 0 N–H and O–H groups in total. The van der Waals surface area contributed by atoms with Gasteiger partial charge < -0.3 is 14.2 Å². The zero-order chi connectivity index (χ0) is 12.8. The summed E-state index contributed by atoms with van der Waals surface area (Å²) in [5, 5.41) is 0. The third kappa shape index (κ3) is 4.33. The molecule has 1 aliphatic heterocycles. The first-order chi connectivity index (χ1) is 7.37. The number of methoxy groups -OCH3 is 1. The van der Waals surface area contributed by atoms with Crippen molar-refractivity contribution < 1.29 is 23.8 Å². The summed E-state index contributed by atoms with van der Waals surface area (Å²) < 4.78 is 14.1. The molecule has 0 amide bonds. The molecule has 0 aromatic rings. The second-order valence-electron chi connectivity index (χ2n) is 3.65. The van der Waals surface area contributed by atoms with Gasteiger partial charge in [-0.2, -0.15) is 0 Å². The lowest BCUT2D eigenvalue weighted by molar-refractivity contribution is -0.222. The van der Waals surface area contributed by atoms with E-state index in [9.17, 15) is 9.59 Å². The Kier molecular flexibility index (Phi) is 5.56. The number of rotatable bonds is 1. The van der Waals surface area contributed by atoms with Crippen molar-refractivity contribution in [1.82, 2.24) is 0 Å². The highest BCUT2D eigenvalue weighted by atomic mass is 16.7. The number of cyclic esters (lactones) is 2. The van der Waals surface area contributed by atoms with Crippen LogP contribution in [0.5, 0.6) is 0 Å². The minimum Gasteiger partial charge on any atom is -0.503 e. The second-order valence-corrected chi connectivity index (χ2v) is 3.65. The molecule has 5 nitrogen and oxygen atoms in total. The summed E-state index contributed by atoms with van der Waals surface area (Å²) >= 11 is 0. The van der Waals surface area contributed by atoms with E-state index < -0.39 is 17.7 Å². The predicted octanol–water partition coefficient (Wildman–Crippen LogP) is 1.77. The summed E-state index contributed by atoms with van der Waals surface area (Å²) in [6.45, 7) is 7.21. The lowest BCUT2D eigenvalue weighted by Gasteiger charge is -2.29. The number of carbonyl (C=O) groups is 2. The van der Waals surface area contributed by atoms with E-state index in [1.807, 2.05) is 0 Å². The van der Waals surface area contributed by atoms with Crippen molar-refractivity contribution in [2.45, 2.75) is 39.9 Å². The fourth-order valence-electron chi connectivity index (χ4n) is 0.875. The zero-order valence-corrected chi connectivity index (χ0v) is 10.3. The monoisotopic (exact) mass is 230 g/mol. The first-order valence-corrected chi connectivity index (χ1v) is 5.07. The molecule has 92 valence electrons. The van der Waals surface area contributed by atoms with Crippen LogP contribution >= 0.6 is 0 Å². The summed E-state index contributed by atoms with van der Waals surface area (Å²) in [6.07, 6.45) is 2.25. The average molecular weight is 230 g/mol. The van der Waals surface area contributed by atoms with Gasteiger partial charge in [0.1, 0.15) is 6.26 Å². The molecule has 0 aliphatic carbocycles. The van der Waals surface area contributed by atoms with Crippen molar-refractivity contribution in [2.75, 3.05) is 7.11 Å². The van der Waals surface area contributed by atoms with Crippen LogP contribution in [0, 0.1) is 0 Å². The van der Waals surface area contributed by atoms with E-state index in [0.29, 0.717) is 0 Å². The second kappa shape index (κ2) is 6.15. The number of esters is 2. The molecule has 0 atom stereocenters. The molecular formula is C11H18O5. The molecule has 0 aromatic carbocycles. The van der Waals surface area contributed by atoms with Gasteiger partial charge in [0.2, 0.25) is 0 Å². The van der Waals surface area contributed by atoms with Crippen LogP contribution in [-0.2, 0) is 23.8 Å². The Morgan fingerprint density at radius 1 is 1.19 bits per heavy atom. The van der Waals surface area contributed by atoms with Crippen LogP contribution < -0.4 is 0 Å². The third-order valence-electron chi connectivity index (χ3n) is 1.35. The largest absolute Gasteiger partial charge is 0.503 e. The van der Waals surface area contributed by atoms with Crippen LogP contribution in [0.2, 0.25) is 0 Å². The molecule has 5 heteroatoms.